The molecule has 2 aromatic carbocycles. The van der Waals surface area contributed by atoms with Crippen LogP contribution >= 0.6 is 11.3 Å². The molecular formula is C23H24F3N7O3S. The number of hydrogen-bond acceptors (Lipinski definition) is 8. The molecule has 0 saturated heterocycles. The molecule has 2 amide bonds. The van der Waals surface area contributed by atoms with Crippen LogP contribution in [-0.4, -0.2) is 71.3 Å². The van der Waals surface area contributed by atoms with E-state index in [1.165, 1.54) is 18.2 Å². The van der Waals surface area contributed by atoms with Crippen molar-refractivity contribution in [3.63, 3.8) is 0 Å². The quantitative estimate of drug-likeness (QED) is 0.282. The van der Waals surface area contributed by atoms with E-state index in [0.29, 0.717) is 38.9 Å². The summed E-state index contributed by atoms with van der Waals surface area (Å²) in [6.07, 6.45) is -4.77. The Kier molecular flexibility index (Phi) is 7.50. The van der Waals surface area contributed by atoms with Crippen LogP contribution in [0, 0.1) is 0 Å². The third-order valence-electron chi connectivity index (χ3n) is 5.15. The summed E-state index contributed by atoms with van der Waals surface area (Å²) < 4.78 is 43.8. The Morgan fingerprint density at radius 3 is 2.54 bits per heavy atom. The number of anilines is 2. The number of carbonyl (C=O) groups excluding carboxylic acids is 2. The van der Waals surface area contributed by atoms with Gasteiger partial charge < -0.3 is 30.2 Å². The van der Waals surface area contributed by atoms with Crippen molar-refractivity contribution >= 4 is 55.5 Å². The molecule has 0 aliphatic carbocycles. The summed E-state index contributed by atoms with van der Waals surface area (Å²) in [5.41, 5.74) is 2.25. The van der Waals surface area contributed by atoms with E-state index in [2.05, 4.69) is 30.7 Å². The molecule has 0 saturated carbocycles. The molecule has 2 heterocycles. The molecule has 0 radical (unpaired) electrons. The molecular weight excluding hydrogens is 511 g/mol. The van der Waals surface area contributed by atoms with Crippen LogP contribution in [0.2, 0.25) is 0 Å². The highest BCUT2D eigenvalue weighted by Gasteiger charge is 2.31. The lowest BCUT2D eigenvalue weighted by molar-refractivity contribution is -0.274. The Bertz CT molecular complexity index is 1450. The van der Waals surface area contributed by atoms with Crippen LogP contribution in [0.15, 0.2) is 36.4 Å². The highest BCUT2D eigenvalue weighted by Crippen LogP contribution is 2.33. The summed E-state index contributed by atoms with van der Waals surface area (Å²) in [5.74, 6) is -0.300. The highest BCUT2D eigenvalue weighted by molar-refractivity contribution is 7.22. The second-order valence-electron chi connectivity index (χ2n) is 8.36. The zero-order valence-electron chi connectivity index (χ0n) is 20.1. The van der Waals surface area contributed by atoms with Crippen LogP contribution in [-0.2, 0) is 11.8 Å². The number of aromatic nitrogens is 3. The second-order valence-corrected chi connectivity index (χ2v) is 9.39. The van der Waals surface area contributed by atoms with E-state index in [1.807, 2.05) is 0 Å². The molecule has 0 atom stereocenters. The lowest BCUT2D eigenvalue weighted by atomic mass is 10.2. The standard InChI is InChI=1S/C23H24F3N7O3S/c1-32(2)12-19(34)27-8-9-28-20(35)13-4-7-17-16(10-13)29-21(33(17)3)31-22-30-15-6-5-14(11-18(15)37-22)36-23(24,25)26/h4-7,10-11H,8-9,12H2,1-3H3,(H,27,34)(H,28,35)(H,29,30,31). The summed E-state index contributed by atoms with van der Waals surface area (Å²) >= 11 is 1.16. The van der Waals surface area contributed by atoms with Gasteiger partial charge in [-0.2, -0.15) is 0 Å². The number of ether oxygens (including phenoxy) is 1. The minimum Gasteiger partial charge on any atom is -0.406 e. The van der Waals surface area contributed by atoms with Gasteiger partial charge in [-0.3, -0.25) is 9.59 Å². The fourth-order valence-corrected chi connectivity index (χ4v) is 4.42. The zero-order valence-corrected chi connectivity index (χ0v) is 21.0. The molecule has 0 unspecified atom stereocenters. The maximum absolute atomic E-state index is 12.5. The fraction of sp³-hybridized carbons (Fsp3) is 0.304. The minimum atomic E-state index is -4.77. The van der Waals surface area contributed by atoms with Gasteiger partial charge in [-0.1, -0.05) is 11.3 Å². The van der Waals surface area contributed by atoms with Crippen molar-refractivity contribution in [1.29, 1.82) is 0 Å². The van der Waals surface area contributed by atoms with Gasteiger partial charge >= 0.3 is 6.36 Å². The largest absolute Gasteiger partial charge is 0.573 e. The number of carbonyl (C=O) groups is 2. The number of nitrogens with zero attached hydrogens (tertiary/aromatic N) is 4. The molecule has 0 aliphatic rings. The van der Waals surface area contributed by atoms with Crippen LogP contribution in [0.25, 0.3) is 21.3 Å². The molecule has 3 N–H and O–H groups in total. The molecule has 0 aliphatic heterocycles. The predicted octanol–water partition coefficient (Wildman–Crippen LogP) is 3.23. The smallest absolute Gasteiger partial charge is 0.406 e. The van der Waals surface area contributed by atoms with Gasteiger partial charge in [-0.15, -0.1) is 13.2 Å². The average Bonchev–Trinajstić information content (AvgIpc) is 3.34. The van der Waals surface area contributed by atoms with E-state index in [4.69, 9.17) is 0 Å². The van der Waals surface area contributed by atoms with Gasteiger partial charge in [0.25, 0.3) is 5.91 Å². The van der Waals surface area contributed by atoms with Crippen molar-refractivity contribution in [2.45, 2.75) is 6.36 Å². The van der Waals surface area contributed by atoms with E-state index in [0.717, 1.165) is 16.9 Å². The Balaban J connectivity index is 1.43. The number of fused-ring (bicyclic) bond motifs is 2. The topological polar surface area (TPSA) is 113 Å². The first-order chi connectivity index (χ1) is 17.5. The highest BCUT2D eigenvalue weighted by atomic mass is 32.1. The third kappa shape index (κ3) is 6.65. The number of amides is 2. The lowest BCUT2D eigenvalue weighted by Gasteiger charge is -2.10. The van der Waals surface area contributed by atoms with Gasteiger partial charge in [0.15, 0.2) is 5.13 Å². The van der Waals surface area contributed by atoms with Crippen LogP contribution in [0.3, 0.4) is 0 Å². The lowest BCUT2D eigenvalue weighted by Crippen LogP contribution is -2.38. The molecule has 10 nitrogen and oxygen atoms in total. The van der Waals surface area contributed by atoms with Crippen molar-refractivity contribution in [2.24, 2.45) is 7.05 Å². The molecule has 0 fully saturated rings. The normalized spacial score (nSPS) is 11.8. The van der Waals surface area contributed by atoms with Crippen molar-refractivity contribution in [3.05, 3.63) is 42.0 Å². The maximum atomic E-state index is 12.5. The molecule has 14 heteroatoms. The van der Waals surface area contributed by atoms with E-state index in [-0.39, 0.29) is 30.7 Å². The first kappa shape index (κ1) is 26.2. The fourth-order valence-electron chi connectivity index (χ4n) is 3.53. The van der Waals surface area contributed by atoms with Crippen molar-refractivity contribution < 1.29 is 27.5 Å². The zero-order chi connectivity index (χ0) is 26.7. The number of rotatable bonds is 9. The van der Waals surface area contributed by atoms with Gasteiger partial charge in [-0.05, 0) is 44.4 Å². The van der Waals surface area contributed by atoms with Crippen molar-refractivity contribution in [3.8, 4) is 5.75 Å². The summed E-state index contributed by atoms with van der Waals surface area (Å²) in [4.78, 5) is 34.9. The van der Waals surface area contributed by atoms with Crippen LogP contribution in [0.1, 0.15) is 10.4 Å². The Labute approximate surface area is 213 Å². The Morgan fingerprint density at radius 1 is 1.05 bits per heavy atom. The average molecular weight is 536 g/mol. The van der Waals surface area contributed by atoms with E-state index >= 15 is 0 Å². The van der Waals surface area contributed by atoms with Gasteiger partial charge in [0.2, 0.25) is 11.9 Å². The number of imidazole rings is 1. The first-order valence-corrected chi connectivity index (χ1v) is 11.9. The molecule has 2 aromatic heterocycles. The first-order valence-electron chi connectivity index (χ1n) is 11.1. The number of halogens is 3. The number of nitrogens with one attached hydrogen (secondary N) is 3. The Morgan fingerprint density at radius 2 is 1.81 bits per heavy atom. The summed E-state index contributed by atoms with van der Waals surface area (Å²) in [6.45, 7) is 0.855. The van der Waals surface area contributed by atoms with E-state index < -0.39 is 6.36 Å². The Hall–Kier alpha value is -3.91. The van der Waals surface area contributed by atoms with Crippen molar-refractivity contribution in [1.82, 2.24) is 30.1 Å². The summed E-state index contributed by atoms with van der Waals surface area (Å²) in [5, 5.41) is 9.01. The van der Waals surface area contributed by atoms with Crippen molar-refractivity contribution in [2.75, 3.05) is 39.0 Å². The number of thiazole rings is 1. The monoisotopic (exact) mass is 535 g/mol. The SMILES string of the molecule is CN(C)CC(=O)NCCNC(=O)c1ccc2c(c1)nc(Nc1nc3ccc(OC(F)(F)F)cc3s1)n2C. The third-order valence-corrected chi connectivity index (χ3v) is 6.08. The molecule has 0 spiro atoms. The molecule has 196 valence electrons. The van der Waals surface area contributed by atoms with Crippen LogP contribution < -0.4 is 20.7 Å². The number of alkyl halides is 3. The predicted molar refractivity (Wildman–Crippen MR) is 134 cm³/mol. The van der Waals surface area contributed by atoms with Gasteiger partial charge in [0.05, 0.1) is 27.8 Å². The molecule has 4 aromatic rings. The van der Waals surface area contributed by atoms with Crippen LogP contribution in [0.5, 0.6) is 5.75 Å². The minimum absolute atomic E-state index is 0.127. The molecule has 4 rings (SSSR count). The van der Waals surface area contributed by atoms with Gasteiger partial charge in [0.1, 0.15) is 5.75 Å². The number of hydrogen-bond donors (Lipinski definition) is 3. The number of benzene rings is 2. The summed E-state index contributed by atoms with van der Waals surface area (Å²) in [7, 11) is 5.37. The van der Waals surface area contributed by atoms with E-state index in [1.54, 1.807) is 48.8 Å². The number of likely N-dealkylation sites (N-methyl/N-ethyl adjacent to an activating group) is 1. The summed E-state index contributed by atoms with van der Waals surface area (Å²) in [6, 6.07) is 9.02. The second kappa shape index (κ2) is 10.6. The van der Waals surface area contributed by atoms with Gasteiger partial charge in [-0.25, -0.2) is 9.97 Å². The number of aryl methyl sites for hydroxylation is 1. The molecule has 0 bridgehead atoms. The maximum Gasteiger partial charge on any atom is 0.573 e. The van der Waals surface area contributed by atoms with Crippen LogP contribution in [0.4, 0.5) is 24.3 Å². The molecule has 37 heavy (non-hydrogen) atoms. The van der Waals surface area contributed by atoms with Gasteiger partial charge in [0, 0.05) is 31.8 Å². The van der Waals surface area contributed by atoms with E-state index in [9.17, 15) is 22.8 Å².